The molecule has 1 atom stereocenters. The zero-order valence-electron chi connectivity index (χ0n) is 15.5. The highest BCUT2D eigenvalue weighted by Gasteiger charge is 2.20. The molecule has 2 aromatic carbocycles. The molecule has 1 aromatic heterocycles. The Bertz CT molecular complexity index is 1050. The second kappa shape index (κ2) is 9.23. The van der Waals surface area contributed by atoms with E-state index in [1.54, 1.807) is 61.1 Å². The van der Waals surface area contributed by atoms with Crippen LogP contribution in [-0.2, 0) is 16.1 Å². The summed E-state index contributed by atoms with van der Waals surface area (Å²) in [5.41, 5.74) is 0.996. The summed E-state index contributed by atoms with van der Waals surface area (Å²) in [5, 5.41) is 3.80. The van der Waals surface area contributed by atoms with E-state index in [1.165, 1.54) is 11.8 Å². The Balaban J connectivity index is 1.88. The van der Waals surface area contributed by atoms with Crippen molar-refractivity contribution in [1.82, 2.24) is 9.55 Å². The largest absolute Gasteiger partial charge is 0.383 e. The van der Waals surface area contributed by atoms with Crippen molar-refractivity contribution < 1.29 is 9.53 Å². The Morgan fingerprint density at radius 2 is 1.96 bits per heavy atom. The zero-order valence-corrected chi connectivity index (χ0v) is 17.1. The number of rotatable bonds is 7. The molecule has 3 rings (SSSR count). The number of anilines is 1. The Labute approximate surface area is 171 Å². The first-order chi connectivity index (χ1) is 13.5. The number of methoxy groups -OCH3 is 1. The number of carbonyl (C=O) groups is 1. The van der Waals surface area contributed by atoms with Gasteiger partial charge in [-0.2, -0.15) is 0 Å². The number of benzene rings is 2. The molecule has 0 aliphatic carbocycles. The minimum atomic E-state index is -0.488. The molecule has 0 saturated heterocycles. The molecule has 0 unspecified atom stereocenters. The molecule has 0 fully saturated rings. The fourth-order valence-electron chi connectivity index (χ4n) is 2.63. The van der Waals surface area contributed by atoms with E-state index in [9.17, 15) is 9.59 Å². The topological polar surface area (TPSA) is 73.2 Å². The van der Waals surface area contributed by atoms with E-state index < -0.39 is 5.25 Å². The highest BCUT2D eigenvalue weighted by molar-refractivity contribution is 8.00. The minimum absolute atomic E-state index is 0.149. The van der Waals surface area contributed by atoms with Crippen LogP contribution in [0.15, 0.2) is 58.5 Å². The second-order valence-corrected chi connectivity index (χ2v) is 7.81. The van der Waals surface area contributed by atoms with E-state index >= 15 is 0 Å². The van der Waals surface area contributed by atoms with Gasteiger partial charge in [0.1, 0.15) is 0 Å². The van der Waals surface area contributed by atoms with Crippen LogP contribution in [0.5, 0.6) is 0 Å². The molecular formula is C20H20ClN3O3S. The van der Waals surface area contributed by atoms with Crippen molar-refractivity contribution in [3.05, 3.63) is 63.9 Å². The number of halogens is 1. The number of hydrogen-bond donors (Lipinski definition) is 1. The third kappa shape index (κ3) is 4.55. The summed E-state index contributed by atoms with van der Waals surface area (Å²) in [6, 6.07) is 14.2. The van der Waals surface area contributed by atoms with Gasteiger partial charge in [0.2, 0.25) is 5.91 Å². The predicted octanol–water partition coefficient (Wildman–Crippen LogP) is 3.82. The Kier molecular flexibility index (Phi) is 6.72. The number of nitrogens with zero attached hydrogens (tertiary/aromatic N) is 2. The fraction of sp³-hybridized carbons (Fsp3) is 0.250. The molecular weight excluding hydrogens is 398 g/mol. The second-order valence-electron chi connectivity index (χ2n) is 6.09. The van der Waals surface area contributed by atoms with Gasteiger partial charge < -0.3 is 10.1 Å². The lowest BCUT2D eigenvalue weighted by atomic mass is 10.2. The third-order valence-corrected chi connectivity index (χ3v) is 5.55. The van der Waals surface area contributed by atoms with Gasteiger partial charge >= 0.3 is 0 Å². The van der Waals surface area contributed by atoms with Crippen molar-refractivity contribution in [2.24, 2.45) is 0 Å². The van der Waals surface area contributed by atoms with Crippen LogP contribution in [0.3, 0.4) is 0 Å². The van der Waals surface area contributed by atoms with E-state index in [1.807, 2.05) is 6.07 Å². The van der Waals surface area contributed by atoms with Crippen molar-refractivity contribution in [3.63, 3.8) is 0 Å². The molecule has 0 aliphatic heterocycles. The van der Waals surface area contributed by atoms with Crippen LogP contribution in [0.25, 0.3) is 10.9 Å². The predicted molar refractivity (Wildman–Crippen MR) is 113 cm³/mol. The average Bonchev–Trinajstić information content (AvgIpc) is 2.69. The number of thioether (sulfide) groups is 1. The van der Waals surface area contributed by atoms with Crippen molar-refractivity contribution in [1.29, 1.82) is 0 Å². The molecule has 0 saturated carbocycles. The Morgan fingerprint density at radius 1 is 1.25 bits per heavy atom. The Hall–Kier alpha value is -2.35. The smallest absolute Gasteiger partial charge is 0.262 e. The molecule has 0 spiro atoms. The van der Waals surface area contributed by atoms with Crippen LogP contribution in [0, 0.1) is 0 Å². The molecule has 1 N–H and O–H groups in total. The SMILES string of the molecule is COCCn1c(S[C@H](C)C(=O)Nc2ccccc2Cl)nc2ccccc2c1=O. The van der Waals surface area contributed by atoms with Gasteiger partial charge in [0.05, 0.1) is 40.0 Å². The minimum Gasteiger partial charge on any atom is -0.383 e. The maximum atomic E-state index is 12.9. The van der Waals surface area contributed by atoms with Gasteiger partial charge in [-0.05, 0) is 31.2 Å². The number of hydrogen-bond acceptors (Lipinski definition) is 5. The van der Waals surface area contributed by atoms with Gasteiger partial charge in [-0.1, -0.05) is 47.6 Å². The highest BCUT2D eigenvalue weighted by Crippen LogP contribution is 2.25. The van der Waals surface area contributed by atoms with E-state index in [0.29, 0.717) is 39.9 Å². The maximum Gasteiger partial charge on any atom is 0.262 e. The summed E-state index contributed by atoms with van der Waals surface area (Å²) in [7, 11) is 1.58. The molecule has 1 amide bonds. The molecule has 28 heavy (non-hydrogen) atoms. The number of amides is 1. The lowest BCUT2D eigenvalue weighted by molar-refractivity contribution is -0.115. The Morgan fingerprint density at radius 3 is 2.71 bits per heavy atom. The zero-order chi connectivity index (χ0) is 20.1. The van der Waals surface area contributed by atoms with Crippen molar-refractivity contribution >= 4 is 45.9 Å². The van der Waals surface area contributed by atoms with Crippen molar-refractivity contribution in [2.45, 2.75) is 23.9 Å². The normalized spacial score (nSPS) is 12.1. The van der Waals surface area contributed by atoms with Crippen molar-refractivity contribution in [3.8, 4) is 0 Å². The van der Waals surface area contributed by atoms with Crippen molar-refractivity contribution in [2.75, 3.05) is 19.0 Å². The summed E-state index contributed by atoms with van der Waals surface area (Å²) in [5.74, 6) is -0.223. The average molecular weight is 418 g/mol. The van der Waals surface area contributed by atoms with Gasteiger partial charge in [0, 0.05) is 7.11 Å². The number of para-hydroxylation sites is 2. The maximum absolute atomic E-state index is 12.9. The van der Waals surface area contributed by atoms with Gasteiger partial charge in [-0.3, -0.25) is 14.2 Å². The third-order valence-electron chi connectivity index (χ3n) is 4.13. The van der Waals surface area contributed by atoms with Crippen LogP contribution >= 0.6 is 23.4 Å². The summed E-state index contributed by atoms with van der Waals surface area (Å²) in [6.07, 6.45) is 0. The van der Waals surface area contributed by atoms with Gasteiger partial charge in [-0.15, -0.1) is 0 Å². The first kappa shape index (κ1) is 20.4. The summed E-state index contributed by atoms with van der Waals surface area (Å²) >= 11 is 7.33. The first-order valence-electron chi connectivity index (χ1n) is 8.72. The molecule has 0 bridgehead atoms. The number of carbonyl (C=O) groups excluding carboxylic acids is 1. The van der Waals surface area contributed by atoms with Crippen LogP contribution in [-0.4, -0.2) is 34.4 Å². The molecule has 0 radical (unpaired) electrons. The fourth-order valence-corrected chi connectivity index (χ4v) is 3.74. The number of aromatic nitrogens is 2. The highest BCUT2D eigenvalue weighted by atomic mass is 35.5. The molecule has 146 valence electrons. The lowest BCUT2D eigenvalue weighted by Crippen LogP contribution is -2.28. The molecule has 0 aliphatic rings. The molecule has 8 heteroatoms. The van der Waals surface area contributed by atoms with Gasteiger partial charge in [0.25, 0.3) is 5.56 Å². The summed E-state index contributed by atoms with van der Waals surface area (Å²) in [4.78, 5) is 30.1. The number of ether oxygens (including phenoxy) is 1. The monoisotopic (exact) mass is 417 g/mol. The van der Waals surface area contributed by atoms with Crippen LogP contribution in [0.1, 0.15) is 6.92 Å². The molecule has 1 heterocycles. The standard InChI is InChI=1S/C20H20ClN3O3S/c1-13(18(25)22-17-10-6-4-8-15(17)21)28-20-23-16-9-5-3-7-14(16)19(26)24(20)11-12-27-2/h3-10,13H,11-12H2,1-2H3,(H,22,25)/t13-/m1/s1. The summed E-state index contributed by atoms with van der Waals surface area (Å²) in [6.45, 7) is 2.49. The van der Waals surface area contributed by atoms with Crippen LogP contribution in [0.4, 0.5) is 5.69 Å². The summed E-state index contributed by atoms with van der Waals surface area (Å²) < 4.78 is 6.67. The first-order valence-corrected chi connectivity index (χ1v) is 9.97. The molecule has 3 aromatic rings. The van der Waals surface area contributed by atoms with Gasteiger partial charge in [-0.25, -0.2) is 4.98 Å². The quantitative estimate of drug-likeness (QED) is 0.467. The molecule has 6 nitrogen and oxygen atoms in total. The van der Waals surface area contributed by atoms with E-state index in [4.69, 9.17) is 16.3 Å². The van der Waals surface area contributed by atoms with E-state index in [2.05, 4.69) is 10.3 Å². The van der Waals surface area contributed by atoms with E-state index in [0.717, 1.165) is 0 Å². The van der Waals surface area contributed by atoms with Crippen LogP contribution in [0.2, 0.25) is 5.02 Å². The van der Waals surface area contributed by atoms with E-state index in [-0.39, 0.29) is 11.5 Å². The number of fused-ring (bicyclic) bond motifs is 1. The van der Waals surface area contributed by atoms with Crippen LogP contribution < -0.4 is 10.9 Å². The number of nitrogens with one attached hydrogen (secondary N) is 1. The van der Waals surface area contributed by atoms with Gasteiger partial charge in [0.15, 0.2) is 5.16 Å². The lowest BCUT2D eigenvalue weighted by Gasteiger charge is -2.16.